The summed E-state index contributed by atoms with van der Waals surface area (Å²) >= 11 is 0. The van der Waals surface area contributed by atoms with Crippen LogP contribution in [-0.2, 0) is 6.54 Å². The average Bonchev–Trinajstić information content (AvgIpc) is 3.34. The molecule has 0 radical (unpaired) electrons. The monoisotopic (exact) mass is 436 g/mol. The Morgan fingerprint density at radius 1 is 0.938 bits per heavy atom. The third-order valence-electron chi connectivity index (χ3n) is 5.85. The summed E-state index contributed by atoms with van der Waals surface area (Å²) in [6.45, 7) is 8.36. The number of amides is 3. The lowest BCUT2D eigenvalue weighted by Gasteiger charge is -2.25. The van der Waals surface area contributed by atoms with E-state index < -0.39 is 0 Å². The lowest BCUT2D eigenvalue weighted by molar-refractivity contribution is 0.0755. The molecule has 3 amide bonds. The number of para-hydroxylation sites is 1. The second-order valence-corrected chi connectivity index (χ2v) is 8.48. The molecule has 6 heteroatoms. The maximum absolute atomic E-state index is 12.8. The number of urea groups is 1. The van der Waals surface area contributed by atoms with Gasteiger partial charge in [0.1, 0.15) is 0 Å². The number of nitrogens with zero attached hydrogens (tertiary/aromatic N) is 3. The molecule has 1 aliphatic heterocycles. The highest BCUT2D eigenvalue weighted by Crippen LogP contribution is 2.25. The van der Waals surface area contributed by atoms with Gasteiger partial charge in [0.2, 0.25) is 0 Å². The molecule has 0 bridgehead atoms. The Balaban J connectivity index is 1.60. The second-order valence-electron chi connectivity index (χ2n) is 8.48. The van der Waals surface area contributed by atoms with Gasteiger partial charge in [-0.3, -0.25) is 4.79 Å². The number of hydrogen-bond acceptors (Lipinski definition) is 3. The lowest BCUT2D eigenvalue weighted by Crippen LogP contribution is -2.32. The molecule has 1 N–H and O–H groups in total. The summed E-state index contributed by atoms with van der Waals surface area (Å²) in [6.07, 6.45) is 4.32. The van der Waals surface area contributed by atoms with Gasteiger partial charge in [0.05, 0.1) is 0 Å². The zero-order valence-electron chi connectivity index (χ0n) is 19.6. The highest BCUT2D eigenvalue weighted by Gasteiger charge is 2.18. The predicted molar refractivity (Wildman–Crippen MR) is 131 cm³/mol. The van der Waals surface area contributed by atoms with Crippen LogP contribution in [0.5, 0.6) is 0 Å². The van der Waals surface area contributed by atoms with Crippen molar-refractivity contribution in [1.82, 2.24) is 9.80 Å². The normalized spacial score (nSPS) is 13.2. The summed E-state index contributed by atoms with van der Waals surface area (Å²) in [5.74, 6) is 0.0437. The van der Waals surface area contributed by atoms with E-state index in [1.807, 2.05) is 11.0 Å². The fourth-order valence-corrected chi connectivity index (χ4v) is 4.19. The van der Waals surface area contributed by atoms with Crippen LogP contribution in [0, 0.1) is 0 Å². The summed E-state index contributed by atoms with van der Waals surface area (Å²) in [4.78, 5) is 31.5. The molecule has 1 aliphatic rings. The molecule has 6 nitrogen and oxygen atoms in total. The van der Waals surface area contributed by atoms with Crippen LogP contribution in [0.4, 0.5) is 16.2 Å². The first-order valence-electron chi connectivity index (χ1n) is 11.8. The molecule has 0 atom stereocenters. The van der Waals surface area contributed by atoms with E-state index in [9.17, 15) is 9.59 Å². The van der Waals surface area contributed by atoms with Gasteiger partial charge in [0.25, 0.3) is 5.91 Å². The van der Waals surface area contributed by atoms with Gasteiger partial charge in [-0.25, -0.2) is 4.79 Å². The van der Waals surface area contributed by atoms with Crippen LogP contribution in [0.2, 0.25) is 0 Å². The third kappa shape index (κ3) is 6.02. The highest BCUT2D eigenvalue weighted by atomic mass is 16.2. The van der Waals surface area contributed by atoms with E-state index in [-0.39, 0.29) is 11.9 Å². The van der Waals surface area contributed by atoms with E-state index in [4.69, 9.17) is 0 Å². The number of carbonyl (C=O) groups excluding carboxylic acids is 2. The Kier molecular flexibility index (Phi) is 8.54. The first-order valence-corrected chi connectivity index (χ1v) is 11.8. The molecule has 0 saturated carbocycles. The number of nitrogens with one attached hydrogen (secondary N) is 1. The van der Waals surface area contributed by atoms with Gasteiger partial charge in [-0.05, 0) is 61.6 Å². The van der Waals surface area contributed by atoms with Gasteiger partial charge < -0.3 is 20.0 Å². The summed E-state index contributed by atoms with van der Waals surface area (Å²) < 4.78 is 0. The standard InChI is InChI=1S/C26H36N4O2/c1-4-16-30(17-5-2)25(31)21-12-14-23(15-13-21)27-26(32)28(3)20-22-10-6-7-11-24(22)29-18-8-9-19-29/h6-7,10-15H,4-5,8-9,16-20H2,1-3H3,(H,27,32). The number of anilines is 2. The molecule has 172 valence electrons. The van der Waals surface area contributed by atoms with Gasteiger partial charge in [-0.2, -0.15) is 0 Å². The van der Waals surface area contributed by atoms with Crippen molar-refractivity contribution in [3.8, 4) is 0 Å². The quantitative estimate of drug-likeness (QED) is 0.587. The van der Waals surface area contributed by atoms with Crippen LogP contribution in [-0.4, -0.2) is 55.0 Å². The van der Waals surface area contributed by atoms with E-state index in [0.29, 0.717) is 17.8 Å². The molecule has 1 saturated heterocycles. The van der Waals surface area contributed by atoms with Crippen molar-refractivity contribution in [3.63, 3.8) is 0 Å². The van der Waals surface area contributed by atoms with Crippen molar-refractivity contribution in [2.45, 2.75) is 46.1 Å². The summed E-state index contributed by atoms with van der Waals surface area (Å²) in [7, 11) is 1.81. The molecule has 32 heavy (non-hydrogen) atoms. The van der Waals surface area contributed by atoms with E-state index >= 15 is 0 Å². The summed E-state index contributed by atoms with van der Waals surface area (Å²) in [5, 5.41) is 2.95. The number of benzene rings is 2. The van der Waals surface area contributed by atoms with E-state index in [1.54, 1.807) is 36.2 Å². The molecule has 0 spiro atoms. The van der Waals surface area contributed by atoms with Crippen molar-refractivity contribution in [2.24, 2.45) is 0 Å². The van der Waals surface area contributed by atoms with Gasteiger partial charge in [-0.1, -0.05) is 32.0 Å². The third-order valence-corrected chi connectivity index (χ3v) is 5.85. The lowest BCUT2D eigenvalue weighted by atomic mass is 10.1. The predicted octanol–water partition coefficient (Wildman–Crippen LogP) is 5.21. The van der Waals surface area contributed by atoms with Crippen LogP contribution in [0.1, 0.15) is 55.5 Å². The van der Waals surface area contributed by atoms with Crippen molar-refractivity contribution in [1.29, 1.82) is 0 Å². The van der Waals surface area contributed by atoms with E-state index in [1.165, 1.54) is 18.5 Å². The molecule has 0 unspecified atom stereocenters. The van der Waals surface area contributed by atoms with Gasteiger partial charge in [0, 0.05) is 56.7 Å². The van der Waals surface area contributed by atoms with Crippen LogP contribution >= 0.6 is 0 Å². The maximum atomic E-state index is 12.8. The average molecular weight is 437 g/mol. The molecule has 1 fully saturated rings. The van der Waals surface area contributed by atoms with E-state index in [0.717, 1.165) is 44.6 Å². The number of hydrogen-bond donors (Lipinski definition) is 1. The van der Waals surface area contributed by atoms with Crippen molar-refractivity contribution in [2.75, 3.05) is 43.4 Å². The first kappa shape index (κ1) is 23.6. The van der Waals surface area contributed by atoms with Crippen molar-refractivity contribution < 1.29 is 9.59 Å². The minimum Gasteiger partial charge on any atom is -0.371 e. The molecule has 3 rings (SSSR count). The number of rotatable bonds is 9. The van der Waals surface area contributed by atoms with Crippen molar-refractivity contribution in [3.05, 3.63) is 59.7 Å². The van der Waals surface area contributed by atoms with Crippen LogP contribution < -0.4 is 10.2 Å². The molecule has 0 aromatic heterocycles. The Morgan fingerprint density at radius 2 is 1.56 bits per heavy atom. The molecule has 2 aromatic rings. The zero-order valence-corrected chi connectivity index (χ0v) is 19.6. The minimum absolute atomic E-state index is 0.0437. The first-order chi connectivity index (χ1) is 15.5. The topological polar surface area (TPSA) is 55.9 Å². The molecular formula is C26H36N4O2. The largest absolute Gasteiger partial charge is 0.371 e. The van der Waals surface area contributed by atoms with E-state index in [2.05, 4.69) is 42.3 Å². The smallest absolute Gasteiger partial charge is 0.321 e. The van der Waals surface area contributed by atoms with Crippen LogP contribution in [0.3, 0.4) is 0 Å². The fourth-order valence-electron chi connectivity index (χ4n) is 4.19. The Labute approximate surface area is 192 Å². The maximum Gasteiger partial charge on any atom is 0.321 e. The molecule has 1 heterocycles. The fraction of sp³-hybridized carbons (Fsp3) is 0.462. The van der Waals surface area contributed by atoms with Gasteiger partial charge in [-0.15, -0.1) is 0 Å². The second kappa shape index (κ2) is 11.6. The van der Waals surface area contributed by atoms with Gasteiger partial charge >= 0.3 is 6.03 Å². The summed E-state index contributed by atoms with van der Waals surface area (Å²) in [6, 6.07) is 15.3. The van der Waals surface area contributed by atoms with Crippen molar-refractivity contribution >= 4 is 23.3 Å². The molecule has 2 aromatic carbocycles. The number of carbonyl (C=O) groups is 2. The SMILES string of the molecule is CCCN(CCC)C(=O)c1ccc(NC(=O)N(C)Cc2ccccc2N2CCCC2)cc1. The van der Waals surface area contributed by atoms with Crippen LogP contribution in [0.15, 0.2) is 48.5 Å². The van der Waals surface area contributed by atoms with Crippen LogP contribution in [0.25, 0.3) is 0 Å². The zero-order chi connectivity index (χ0) is 22.9. The highest BCUT2D eigenvalue weighted by molar-refractivity contribution is 5.95. The van der Waals surface area contributed by atoms with Gasteiger partial charge in [0.15, 0.2) is 0 Å². The Morgan fingerprint density at radius 3 is 2.19 bits per heavy atom. The Bertz CT molecular complexity index is 885. The molecular weight excluding hydrogens is 400 g/mol. The molecule has 0 aliphatic carbocycles. The Hall–Kier alpha value is -3.02. The minimum atomic E-state index is -0.168. The summed E-state index contributed by atoms with van der Waals surface area (Å²) in [5.41, 5.74) is 3.71.